The minimum absolute atomic E-state index is 0.0670. The molecule has 0 saturated carbocycles. The van der Waals surface area contributed by atoms with Gasteiger partial charge in [-0.15, -0.1) is 0 Å². The highest BCUT2D eigenvalue weighted by molar-refractivity contribution is 5.79. The Morgan fingerprint density at radius 1 is 0.781 bits per heavy atom. The van der Waals surface area contributed by atoms with E-state index < -0.39 is 0 Å². The van der Waals surface area contributed by atoms with Gasteiger partial charge in [-0.3, -0.25) is 0 Å². The van der Waals surface area contributed by atoms with Crippen LogP contribution in [0.3, 0.4) is 0 Å². The average molecular weight is 426 g/mol. The van der Waals surface area contributed by atoms with Gasteiger partial charge in [0.05, 0.1) is 0 Å². The molecule has 0 amide bonds. The van der Waals surface area contributed by atoms with Crippen LogP contribution in [0.25, 0.3) is 11.1 Å². The first-order chi connectivity index (χ1) is 15.3. The van der Waals surface area contributed by atoms with Crippen molar-refractivity contribution >= 4 is 0 Å². The highest BCUT2D eigenvalue weighted by Crippen LogP contribution is 2.44. The Hall–Kier alpha value is -2.58. The summed E-state index contributed by atoms with van der Waals surface area (Å²) in [5.74, 6) is 1.15. The van der Waals surface area contributed by atoms with Crippen molar-refractivity contribution in [3.8, 4) is 16.9 Å². The van der Waals surface area contributed by atoms with Gasteiger partial charge in [0.15, 0.2) is 0 Å². The maximum absolute atomic E-state index is 6.98. The van der Waals surface area contributed by atoms with E-state index in [1.807, 2.05) is 0 Å². The third kappa shape index (κ3) is 4.34. The molecule has 1 heterocycles. The van der Waals surface area contributed by atoms with Gasteiger partial charge >= 0.3 is 0 Å². The fourth-order valence-corrected chi connectivity index (χ4v) is 5.98. The first-order valence-electron chi connectivity index (χ1n) is 12.0. The SMILES string of the molecule is CC1(C)CC(Oc2c(CCc3ccccc3)ccc3c2Cc2ccccc2-3)CC(C)(C)N1. The highest BCUT2D eigenvalue weighted by atomic mass is 16.5. The van der Waals surface area contributed by atoms with Crippen molar-refractivity contribution in [1.29, 1.82) is 0 Å². The number of fused-ring (bicyclic) bond motifs is 3. The summed E-state index contributed by atoms with van der Waals surface area (Å²) in [6.07, 6.45) is 5.26. The molecule has 1 fully saturated rings. The van der Waals surface area contributed by atoms with Crippen molar-refractivity contribution in [2.75, 3.05) is 0 Å². The second kappa shape index (κ2) is 8.08. The van der Waals surface area contributed by atoms with E-state index in [4.69, 9.17) is 4.74 Å². The Morgan fingerprint density at radius 2 is 1.47 bits per heavy atom. The summed E-state index contributed by atoms with van der Waals surface area (Å²) < 4.78 is 6.98. The number of ether oxygens (including phenoxy) is 1. The van der Waals surface area contributed by atoms with Crippen LogP contribution in [-0.2, 0) is 19.3 Å². The monoisotopic (exact) mass is 425 g/mol. The molecule has 166 valence electrons. The Labute approximate surface area is 193 Å². The van der Waals surface area contributed by atoms with Gasteiger partial charge in [0.2, 0.25) is 0 Å². The maximum atomic E-state index is 6.98. The molecule has 32 heavy (non-hydrogen) atoms. The highest BCUT2D eigenvalue weighted by Gasteiger charge is 2.39. The lowest BCUT2D eigenvalue weighted by Crippen LogP contribution is -2.60. The molecule has 0 bridgehead atoms. The minimum atomic E-state index is 0.0670. The lowest BCUT2D eigenvalue weighted by atomic mass is 9.81. The van der Waals surface area contributed by atoms with E-state index in [9.17, 15) is 0 Å². The van der Waals surface area contributed by atoms with Gasteiger partial charge in [-0.2, -0.15) is 0 Å². The molecular weight excluding hydrogens is 390 g/mol. The average Bonchev–Trinajstić information content (AvgIpc) is 3.11. The molecule has 1 aliphatic heterocycles. The van der Waals surface area contributed by atoms with Gasteiger partial charge < -0.3 is 10.1 Å². The predicted molar refractivity (Wildman–Crippen MR) is 133 cm³/mol. The number of nitrogens with one attached hydrogen (secondary N) is 1. The smallest absolute Gasteiger partial charge is 0.127 e. The summed E-state index contributed by atoms with van der Waals surface area (Å²) in [5.41, 5.74) is 8.37. The molecule has 1 aliphatic carbocycles. The zero-order chi connectivity index (χ0) is 22.3. The summed E-state index contributed by atoms with van der Waals surface area (Å²) in [7, 11) is 0. The van der Waals surface area contributed by atoms with Crippen LogP contribution in [0.1, 0.15) is 62.8 Å². The van der Waals surface area contributed by atoms with E-state index in [1.54, 1.807) is 0 Å². The van der Waals surface area contributed by atoms with Crippen molar-refractivity contribution in [3.05, 3.63) is 89.0 Å². The third-order valence-electron chi connectivity index (χ3n) is 6.98. The van der Waals surface area contributed by atoms with Crippen LogP contribution in [0.15, 0.2) is 66.7 Å². The van der Waals surface area contributed by atoms with Gasteiger partial charge in [0.1, 0.15) is 11.9 Å². The number of aryl methyl sites for hydroxylation is 2. The van der Waals surface area contributed by atoms with Crippen LogP contribution < -0.4 is 10.1 Å². The van der Waals surface area contributed by atoms with Crippen molar-refractivity contribution < 1.29 is 4.74 Å². The molecule has 0 spiro atoms. The van der Waals surface area contributed by atoms with E-state index in [0.29, 0.717) is 0 Å². The van der Waals surface area contributed by atoms with Crippen LogP contribution in [0.4, 0.5) is 0 Å². The fourth-order valence-electron chi connectivity index (χ4n) is 5.98. The van der Waals surface area contributed by atoms with E-state index in [2.05, 4.69) is 99.7 Å². The molecule has 2 aliphatic rings. The first kappa shape index (κ1) is 21.3. The maximum Gasteiger partial charge on any atom is 0.127 e. The number of benzene rings is 3. The molecule has 0 unspecified atom stereocenters. The van der Waals surface area contributed by atoms with Crippen molar-refractivity contribution in [2.45, 2.75) is 77.0 Å². The normalized spacial score (nSPS) is 18.8. The topological polar surface area (TPSA) is 21.3 Å². The fraction of sp³-hybridized carbons (Fsp3) is 0.400. The van der Waals surface area contributed by atoms with Crippen molar-refractivity contribution in [2.24, 2.45) is 0 Å². The van der Waals surface area contributed by atoms with Gasteiger partial charge in [0.25, 0.3) is 0 Å². The summed E-state index contributed by atoms with van der Waals surface area (Å²) in [6.45, 7) is 9.19. The molecule has 0 radical (unpaired) electrons. The minimum Gasteiger partial charge on any atom is -0.490 e. The lowest BCUT2D eigenvalue weighted by molar-refractivity contribution is 0.0548. The van der Waals surface area contributed by atoms with Gasteiger partial charge in [-0.25, -0.2) is 0 Å². The van der Waals surface area contributed by atoms with Crippen LogP contribution in [0.5, 0.6) is 5.75 Å². The Bertz CT molecular complexity index is 1100. The van der Waals surface area contributed by atoms with Crippen LogP contribution in [0, 0.1) is 0 Å². The van der Waals surface area contributed by atoms with Crippen molar-refractivity contribution in [3.63, 3.8) is 0 Å². The zero-order valence-electron chi connectivity index (χ0n) is 19.9. The summed E-state index contributed by atoms with van der Waals surface area (Å²) in [5, 5.41) is 3.80. The van der Waals surface area contributed by atoms with E-state index in [0.717, 1.165) is 37.9 Å². The second-order valence-electron chi connectivity index (χ2n) is 10.9. The molecule has 0 atom stereocenters. The molecular formula is C30H35NO. The molecule has 5 rings (SSSR count). The molecule has 1 saturated heterocycles. The Balaban J connectivity index is 1.50. The third-order valence-corrected chi connectivity index (χ3v) is 6.98. The van der Waals surface area contributed by atoms with E-state index in [1.165, 1.54) is 33.4 Å². The summed E-state index contributed by atoms with van der Waals surface area (Å²) >= 11 is 0. The molecule has 1 N–H and O–H groups in total. The standard InChI is InChI=1S/C30H35NO/c1-29(2)19-24(20-30(3,4)31-29)32-28-22(15-14-21-10-6-5-7-11-21)16-17-26-25-13-9-8-12-23(25)18-27(26)28/h5-13,16-17,24,31H,14-15,18-20H2,1-4H3. The Morgan fingerprint density at radius 3 is 2.22 bits per heavy atom. The number of hydrogen-bond donors (Lipinski definition) is 1. The predicted octanol–water partition coefficient (Wildman–Crippen LogP) is 6.73. The number of hydrogen-bond acceptors (Lipinski definition) is 2. The van der Waals surface area contributed by atoms with Crippen molar-refractivity contribution in [1.82, 2.24) is 5.32 Å². The van der Waals surface area contributed by atoms with Crippen LogP contribution in [-0.4, -0.2) is 17.2 Å². The van der Waals surface area contributed by atoms with Crippen LogP contribution in [0.2, 0.25) is 0 Å². The van der Waals surface area contributed by atoms with Gasteiger partial charge in [0, 0.05) is 35.9 Å². The zero-order valence-corrected chi connectivity index (χ0v) is 19.9. The second-order valence-corrected chi connectivity index (χ2v) is 10.9. The molecule has 2 heteroatoms. The summed E-state index contributed by atoms with van der Waals surface area (Å²) in [4.78, 5) is 0. The number of piperidine rings is 1. The summed E-state index contributed by atoms with van der Waals surface area (Å²) in [6, 6.07) is 24.3. The van der Waals surface area contributed by atoms with Gasteiger partial charge in [-0.05, 0) is 68.4 Å². The molecule has 0 aromatic heterocycles. The lowest BCUT2D eigenvalue weighted by Gasteiger charge is -2.46. The van der Waals surface area contributed by atoms with Gasteiger partial charge in [-0.1, -0.05) is 66.7 Å². The quantitative estimate of drug-likeness (QED) is 0.383. The first-order valence-corrected chi connectivity index (χ1v) is 12.0. The number of rotatable bonds is 5. The van der Waals surface area contributed by atoms with E-state index in [-0.39, 0.29) is 17.2 Å². The van der Waals surface area contributed by atoms with E-state index >= 15 is 0 Å². The Kier molecular flexibility index (Phi) is 5.37. The molecule has 2 nitrogen and oxygen atoms in total. The molecule has 3 aromatic rings. The molecule has 3 aromatic carbocycles. The van der Waals surface area contributed by atoms with Crippen LogP contribution >= 0.6 is 0 Å². The largest absolute Gasteiger partial charge is 0.490 e.